The van der Waals surface area contributed by atoms with Crippen molar-refractivity contribution in [1.82, 2.24) is 14.5 Å². The van der Waals surface area contributed by atoms with Crippen LogP contribution in [-0.4, -0.2) is 43.1 Å². The van der Waals surface area contributed by atoms with E-state index in [0.717, 1.165) is 23.9 Å². The van der Waals surface area contributed by atoms with Crippen LogP contribution in [-0.2, 0) is 17.6 Å². The van der Waals surface area contributed by atoms with Gasteiger partial charge in [-0.15, -0.1) is 0 Å². The van der Waals surface area contributed by atoms with Gasteiger partial charge in [0.25, 0.3) is 0 Å². The molecule has 0 unspecified atom stereocenters. The lowest BCUT2D eigenvalue weighted by Crippen LogP contribution is -2.30. The SMILES string of the molecule is C[C@H]1O[C@@H](n2ccc3c(CCc4ccccc4)ncnc32)[C@H](O)[C@@H]1O. The zero-order valence-electron chi connectivity index (χ0n) is 14.0. The summed E-state index contributed by atoms with van der Waals surface area (Å²) in [5.41, 5.74) is 2.94. The fourth-order valence-electron chi connectivity index (χ4n) is 3.39. The van der Waals surface area contributed by atoms with Gasteiger partial charge >= 0.3 is 0 Å². The maximum atomic E-state index is 10.2. The number of rotatable bonds is 4. The number of aliphatic hydroxyl groups is 2. The van der Waals surface area contributed by atoms with Gasteiger partial charge in [-0.25, -0.2) is 9.97 Å². The molecular formula is C19H21N3O3. The summed E-state index contributed by atoms with van der Waals surface area (Å²) in [4.78, 5) is 8.80. The lowest BCUT2D eigenvalue weighted by atomic mass is 10.1. The van der Waals surface area contributed by atoms with Crippen molar-refractivity contribution in [2.45, 2.75) is 44.3 Å². The lowest BCUT2D eigenvalue weighted by molar-refractivity contribution is -0.0296. The Balaban J connectivity index is 1.62. The molecule has 4 rings (SSSR count). The number of benzene rings is 1. The Morgan fingerprint density at radius 1 is 1.04 bits per heavy atom. The molecule has 0 saturated carbocycles. The summed E-state index contributed by atoms with van der Waals surface area (Å²) in [6.45, 7) is 1.75. The van der Waals surface area contributed by atoms with Crippen LogP contribution >= 0.6 is 0 Å². The van der Waals surface area contributed by atoms with Crippen LogP contribution in [0, 0.1) is 0 Å². The first-order valence-corrected chi connectivity index (χ1v) is 8.51. The maximum Gasteiger partial charge on any atom is 0.164 e. The van der Waals surface area contributed by atoms with E-state index in [2.05, 4.69) is 22.1 Å². The molecule has 1 aliphatic heterocycles. The Kier molecular flexibility index (Phi) is 4.25. The van der Waals surface area contributed by atoms with Crippen molar-refractivity contribution in [2.24, 2.45) is 0 Å². The molecule has 2 aromatic heterocycles. The molecule has 3 heterocycles. The number of nitrogens with zero attached hydrogens (tertiary/aromatic N) is 3. The van der Waals surface area contributed by atoms with Crippen LogP contribution in [0.25, 0.3) is 11.0 Å². The monoisotopic (exact) mass is 339 g/mol. The Hall–Kier alpha value is -2.28. The second kappa shape index (κ2) is 6.55. The van der Waals surface area contributed by atoms with Gasteiger partial charge in [0.15, 0.2) is 6.23 Å². The van der Waals surface area contributed by atoms with Crippen LogP contribution in [0.15, 0.2) is 48.9 Å². The number of hydrogen-bond donors (Lipinski definition) is 2. The van der Waals surface area contributed by atoms with Gasteiger partial charge in [-0.2, -0.15) is 0 Å². The summed E-state index contributed by atoms with van der Waals surface area (Å²) in [5.74, 6) is 0. The predicted molar refractivity (Wildman–Crippen MR) is 93.0 cm³/mol. The van der Waals surface area contributed by atoms with Gasteiger partial charge in [-0.1, -0.05) is 30.3 Å². The highest BCUT2D eigenvalue weighted by Crippen LogP contribution is 2.32. The van der Waals surface area contributed by atoms with E-state index in [1.807, 2.05) is 30.5 Å². The first-order chi connectivity index (χ1) is 12.1. The molecular weight excluding hydrogens is 318 g/mol. The summed E-state index contributed by atoms with van der Waals surface area (Å²) in [5, 5.41) is 21.1. The van der Waals surface area contributed by atoms with Gasteiger partial charge in [0.2, 0.25) is 0 Å². The molecule has 0 radical (unpaired) electrons. The summed E-state index contributed by atoms with van der Waals surface area (Å²) in [6.07, 6.45) is 2.15. The molecule has 0 aliphatic carbocycles. The molecule has 1 saturated heterocycles. The third-order valence-corrected chi connectivity index (χ3v) is 4.84. The van der Waals surface area contributed by atoms with Gasteiger partial charge in [0.05, 0.1) is 11.8 Å². The van der Waals surface area contributed by atoms with Crippen LogP contribution < -0.4 is 0 Å². The summed E-state index contributed by atoms with van der Waals surface area (Å²) in [6, 6.07) is 12.2. The third kappa shape index (κ3) is 2.93. The van der Waals surface area contributed by atoms with Crippen molar-refractivity contribution in [3.05, 3.63) is 60.2 Å². The van der Waals surface area contributed by atoms with Crippen molar-refractivity contribution in [3.63, 3.8) is 0 Å². The maximum absolute atomic E-state index is 10.2. The minimum Gasteiger partial charge on any atom is -0.388 e. The number of ether oxygens (including phenoxy) is 1. The fourth-order valence-corrected chi connectivity index (χ4v) is 3.39. The molecule has 0 bridgehead atoms. The predicted octanol–water partition coefficient (Wildman–Crippen LogP) is 1.86. The van der Waals surface area contributed by atoms with Crippen LogP contribution in [0.3, 0.4) is 0 Å². The average molecular weight is 339 g/mol. The molecule has 0 amide bonds. The lowest BCUT2D eigenvalue weighted by Gasteiger charge is -2.17. The second-order valence-electron chi connectivity index (χ2n) is 6.48. The summed E-state index contributed by atoms with van der Waals surface area (Å²) >= 11 is 0. The molecule has 0 spiro atoms. The van der Waals surface area contributed by atoms with E-state index in [9.17, 15) is 10.2 Å². The molecule has 1 fully saturated rings. The Morgan fingerprint density at radius 3 is 2.56 bits per heavy atom. The molecule has 6 nitrogen and oxygen atoms in total. The zero-order chi connectivity index (χ0) is 17.4. The van der Waals surface area contributed by atoms with Crippen LogP contribution in [0.2, 0.25) is 0 Å². The highest BCUT2D eigenvalue weighted by atomic mass is 16.6. The van der Waals surface area contributed by atoms with Gasteiger partial charge in [-0.05, 0) is 31.4 Å². The van der Waals surface area contributed by atoms with Crippen molar-refractivity contribution in [3.8, 4) is 0 Å². The molecule has 1 aromatic carbocycles. The van der Waals surface area contributed by atoms with Crippen LogP contribution in [0.5, 0.6) is 0 Å². The number of fused-ring (bicyclic) bond motifs is 1. The quantitative estimate of drug-likeness (QED) is 0.758. The molecule has 1 aliphatic rings. The number of aromatic nitrogens is 3. The van der Waals surface area contributed by atoms with Crippen molar-refractivity contribution >= 4 is 11.0 Å². The molecule has 2 N–H and O–H groups in total. The van der Waals surface area contributed by atoms with Crippen molar-refractivity contribution in [1.29, 1.82) is 0 Å². The Labute approximate surface area is 145 Å². The first kappa shape index (κ1) is 16.2. The van der Waals surface area contributed by atoms with E-state index < -0.39 is 24.5 Å². The van der Waals surface area contributed by atoms with E-state index in [-0.39, 0.29) is 0 Å². The highest BCUT2D eigenvalue weighted by molar-refractivity contribution is 5.78. The number of hydrogen-bond acceptors (Lipinski definition) is 5. The first-order valence-electron chi connectivity index (χ1n) is 8.51. The highest BCUT2D eigenvalue weighted by Gasteiger charge is 2.41. The summed E-state index contributed by atoms with van der Waals surface area (Å²) in [7, 11) is 0. The van der Waals surface area contributed by atoms with Gasteiger partial charge < -0.3 is 19.5 Å². The van der Waals surface area contributed by atoms with E-state index in [1.54, 1.807) is 17.8 Å². The number of aryl methyl sites for hydroxylation is 2. The molecule has 6 heteroatoms. The van der Waals surface area contributed by atoms with E-state index in [1.165, 1.54) is 5.56 Å². The largest absolute Gasteiger partial charge is 0.388 e. The van der Waals surface area contributed by atoms with E-state index in [0.29, 0.717) is 5.65 Å². The minimum atomic E-state index is -0.978. The second-order valence-corrected chi connectivity index (χ2v) is 6.48. The fraction of sp³-hybridized carbons (Fsp3) is 0.368. The van der Waals surface area contributed by atoms with Crippen molar-refractivity contribution < 1.29 is 14.9 Å². The topological polar surface area (TPSA) is 80.4 Å². The van der Waals surface area contributed by atoms with Gasteiger partial charge in [0, 0.05) is 11.6 Å². The van der Waals surface area contributed by atoms with Gasteiger partial charge in [-0.3, -0.25) is 0 Å². The smallest absolute Gasteiger partial charge is 0.164 e. The molecule has 4 atom stereocenters. The minimum absolute atomic E-state index is 0.420. The molecule has 130 valence electrons. The van der Waals surface area contributed by atoms with Gasteiger partial charge in [0.1, 0.15) is 24.2 Å². The average Bonchev–Trinajstić information content (AvgIpc) is 3.18. The third-order valence-electron chi connectivity index (χ3n) is 4.84. The Bertz CT molecular complexity index is 865. The van der Waals surface area contributed by atoms with Crippen LogP contribution in [0.4, 0.5) is 0 Å². The molecule has 3 aromatic rings. The van der Waals surface area contributed by atoms with E-state index in [4.69, 9.17) is 4.74 Å². The zero-order valence-corrected chi connectivity index (χ0v) is 14.0. The number of aliphatic hydroxyl groups excluding tert-OH is 2. The van der Waals surface area contributed by atoms with Crippen LogP contribution in [0.1, 0.15) is 24.4 Å². The Morgan fingerprint density at radius 2 is 1.84 bits per heavy atom. The standard InChI is InChI=1S/C19H21N3O3/c1-12-16(23)17(24)19(25-12)22-10-9-14-15(20-11-21-18(14)22)8-7-13-5-3-2-4-6-13/h2-6,9-12,16-17,19,23-24H,7-8H2,1H3/t12-,16-,17-,19-/m1/s1. The normalized spacial score (nSPS) is 26.4. The molecule has 25 heavy (non-hydrogen) atoms. The van der Waals surface area contributed by atoms with E-state index >= 15 is 0 Å². The summed E-state index contributed by atoms with van der Waals surface area (Å²) < 4.78 is 7.49. The van der Waals surface area contributed by atoms with Crippen molar-refractivity contribution in [2.75, 3.05) is 0 Å².